The van der Waals surface area contributed by atoms with E-state index in [1.165, 1.54) is 30.4 Å². The minimum atomic E-state index is -5.11. The Balaban J connectivity index is 2.81. The third kappa shape index (κ3) is 2.55. The summed E-state index contributed by atoms with van der Waals surface area (Å²) in [4.78, 5) is -2.79. The van der Waals surface area contributed by atoms with Crippen LogP contribution in [0.2, 0.25) is 0 Å². The fourth-order valence-electron chi connectivity index (χ4n) is 2.33. The first-order chi connectivity index (χ1) is 9.99. The van der Waals surface area contributed by atoms with Gasteiger partial charge in [-0.2, -0.15) is 16.8 Å². The monoisotopic (exact) mass is 346 g/mol. The summed E-state index contributed by atoms with van der Waals surface area (Å²) >= 11 is 0. The molecule has 0 aromatic heterocycles. The Kier molecular flexibility index (Phi) is 3.92. The van der Waals surface area contributed by atoms with Crippen LogP contribution in [-0.2, 0) is 20.2 Å². The molecule has 1 aromatic carbocycles. The van der Waals surface area contributed by atoms with Gasteiger partial charge in [0.15, 0.2) is 4.87 Å². The summed E-state index contributed by atoms with van der Waals surface area (Å²) in [5.41, 5.74) is 11.6. The van der Waals surface area contributed by atoms with Gasteiger partial charge in [0.05, 0.1) is 0 Å². The van der Waals surface area contributed by atoms with Crippen LogP contribution in [0.4, 0.5) is 5.69 Å². The molecule has 0 saturated carbocycles. The first kappa shape index (κ1) is 16.6. The summed E-state index contributed by atoms with van der Waals surface area (Å²) in [5.74, 6) is 0. The standard InChI is InChI=1S/C12H14N2O6S2/c13-10-6-2-1-4-8(10)9-5-3-7-11(21(15,16)17)12(9,14)22(18,19)20/h1-7,11H,13-14H2,(H,15,16,17)(H,18,19,20). The Morgan fingerprint density at radius 2 is 1.68 bits per heavy atom. The highest BCUT2D eigenvalue weighted by molar-refractivity contribution is 7.91. The van der Waals surface area contributed by atoms with Crippen molar-refractivity contribution < 1.29 is 25.9 Å². The molecule has 120 valence electrons. The number of hydrogen-bond acceptors (Lipinski definition) is 6. The van der Waals surface area contributed by atoms with E-state index in [1.54, 1.807) is 6.07 Å². The van der Waals surface area contributed by atoms with E-state index in [1.807, 2.05) is 0 Å². The van der Waals surface area contributed by atoms with Crippen molar-refractivity contribution in [3.63, 3.8) is 0 Å². The SMILES string of the molecule is Nc1ccccc1C1=CC=CC(S(=O)(=O)O)C1(N)S(=O)(=O)O. The summed E-state index contributed by atoms with van der Waals surface area (Å²) < 4.78 is 65.4. The van der Waals surface area contributed by atoms with E-state index in [-0.39, 0.29) is 16.8 Å². The molecule has 1 aliphatic rings. The van der Waals surface area contributed by atoms with E-state index in [0.29, 0.717) is 0 Å². The lowest BCUT2D eigenvalue weighted by molar-refractivity contribution is 0.431. The molecule has 8 nitrogen and oxygen atoms in total. The zero-order chi connectivity index (χ0) is 16.8. The van der Waals surface area contributed by atoms with Crippen LogP contribution in [0.1, 0.15) is 5.56 Å². The van der Waals surface area contributed by atoms with E-state index in [0.717, 1.165) is 6.08 Å². The number of hydrogen-bond donors (Lipinski definition) is 4. The third-order valence-corrected chi connectivity index (χ3v) is 6.04. The van der Waals surface area contributed by atoms with Crippen LogP contribution in [-0.4, -0.2) is 36.1 Å². The van der Waals surface area contributed by atoms with Gasteiger partial charge in [0.25, 0.3) is 20.2 Å². The normalized spacial score (nSPS) is 25.8. The van der Waals surface area contributed by atoms with Gasteiger partial charge in [0, 0.05) is 16.8 Å². The summed E-state index contributed by atoms with van der Waals surface area (Å²) in [6, 6.07) is 6.01. The maximum Gasteiger partial charge on any atom is 0.290 e. The first-order valence-electron chi connectivity index (χ1n) is 5.95. The molecule has 1 aliphatic carbocycles. The molecule has 0 radical (unpaired) electrons. The van der Waals surface area contributed by atoms with E-state index in [9.17, 15) is 25.9 Å². The highest BCUT2D eigenvalue weighted by atomic mass is 32.2. The fourth-order valence-corrected chi connectivity index (χ4v) is 4.74. The summed E-state index contributed by atoms with van der Waals surface area (Å²) in [6.07, 6.45) is 3.32. The topological polar surface area (TPSA) is 161 Å². The lowest BCUT2D eigenvalue weighted by Gasteiger charge is -2.35. The molecule has 0 spiro atoms. The van der Waals surface area contributed by atoms with Crippen LogP contribution in [0.5, 0.6) is 0 Å². The zero-order valence-electron chi connectivity index (χ0n) is 11.1. The number of allylic oxidation sites excluding steroid dienone is 2. The molecule has 22 heavy (non-hydrogen) atoms. The van der Waals surface area contributed by atoms with Crippen LogP contribution in [0.3, 0.4) is 0 Å². The van der Waals surface area contributed by atoms with Crippen LogP contribution in [0, 0.1) is 0 Å². The molecule has 1 aromatic rings. The Labute approximate surface area is 127 Å². The fraction of sp³-hybridized carbons (Fsp3) is 0.167. The number of nitrogens with two attached hydrogens (primary N) is 2. The van der Waals surface area contributed by atoms with E-state index < -0.39 is 30.4 Å². The lowest BCUT2D eigenvalue weighted by atomic mass is 9.91. The molecule has 6 N–H and O–H groups in total. The Bertz CT molecular complexity index is 873. The minimum absolute atomic E-state index is 0.136. The Morgan fingerprint density at radius 1 is 1.09 bits per heavy atom. The molecule has 0 saturated heterocycles. The Hall–Kier alpha value is -1.72. The number of anilines is 1. The van der Waals surface area contributed by atoms with Crippen LogP contribution < -0.4 is 11.5 Å². The van der Waals surface area contributed by atoms with Crippen molar-refractivity contribution >= 4 is 31.5 Å². The lowest BCUT2D eigenvalue weighted by Crippen LogP contribution is -2.60. The molecular weight excluding hydrogens is 332 g/mol. The molecule has 10 heteroatoms. The third-order valence-electron chi connectivity index (χ3n) is 3.39. The second-order valence-corrected chi connectivity index (χ2v) is 7.92. The van der Waals surface area contributed by atoms with Crippen LogP contribution >= 0.6 is 0 Å². The van der Waals surface area contributed by atoms with Crippen LogP contribution in [0.25, 0.3) is 5.57 Å². The zero-order valence-corrected chi connectivity index (χ0v) is 12.8. The van der Waals surface area contributed by atoms with Gasteiger partial charge in [0.1, 0.15) is 5.25 Å². The van der Waals surface area contributed by atoms with Gasteiger partial charge in [-0.05, 0) is 6.07 Å². The average Bonchev–Trinajstić information content (AvgIpc) is 2.37. The predicted molar refractivity (Wildman–Crippen MR) is 81.8 cm³/mol. The molecule has 2 atom stereocenters. The van der Waals surface area contributed by atoms with Crippen molar-refractivity contribution in [1.82, 2.24) is 0 Å². The smallest absolute Gasteiger partial charge is 0.290 e. The molecule has 2 rings (SSSR count). The van der Waals surface area contributed by atoms with Gasteiger partial charge >= 0.3 is 0 Å². The van der Waals surface area contributed by atoms with Gasteiger partial charge in [-0.3, -0.25) is 9.11 Å². The number of nitrogen functional groups attached to an aromatic ring is 1. The highest BCUT2D eigenvalue weighted by Crippen LogP contribution is 2.40. The molecule has 0 bridgehead atoms. The van der Waals surface area contributed by atoms with Gasteiger partial charge in [-0.1, -0.05) is 36.4 Å². The van der Waals surface area contributed by atoms with Gasteiger partial charge in [-0.15, -0.1) is 0 Å². The molecule has 0 heterocycles. The summed E-state index contributed by atoms with van der Waals surface area (Å²) in [6.45, 7) is 0. The van der Waals surface area contributed by atoms with Crippen molar-refractivity contribution in [1.29, 1.82) is 0 Å². The summed E-state index contributed by atoms with van der Waals surface area (Å²) in [7, 11) is -10.0. The quantitative estimate of drug-likeness (QED) is 0.440. The number of benzene rings is 1. The molecule has 2 unspecified atom stereocenters. The molecular formula is C12H14N2O6S2. The van der Waals surface area contributed by atoms with Gasteiger partial charge in [-0.25, -0.2) is 0 Å². The van der Waals surface area contributed by atoms with E-state index >= 15 is 0 Å². The largest absolute Gasteiger partial charge is 0.398 e. The van der Waals surface area contributed by atoms with Crippen molar-refractivity contribution in [2.24, 2.45) is 5.73 Å². The second kappa shape index (κ2) is 5.18. The second-order valence-electron chi connectivity index (χ2n) is 4.76. The molecule has 0 aliphatic heterocycles. The molecule has 0 fully saturated rings. The number of rotatable bonds is 3. The molecule has 0 amide bonds. The van der Waals surface area contributed by atoms with Gasteiger partial charge in [0.2, 0.25) is 0 Å². The van der Waals surface area contributed by atoms with Crippen molar-refractivity contribution in [3.8, 4) is 0 Å². The van der Waals surface area contributed by atoms with E-state index in [4.69, 9.17) is 11.5 Å². The Morgan fingerprint density at radius 3 is 2.18 bits per heavy atom. The maximum absolute atomic E-state index is 11.8. The van der Waals surface area contributed by atoms with Crippen molar-refractivity contribution in [2.45, 2.75) is 10.1 Å². The van der Waals surface area contributed by atoms with Gasteiger partial charge < -0.3 is 11.5 Å². The number of para-hydroxylation sites is 1. The first-order valence-corrected chi connectivity index (χ1v) is 8.90. The maximum atomic E-state index is 11.8. The summed E-state index contributed by atoms with van der Waals surface area (Å²) in [5, 5.41) is -2.07. The minimum Gasteiger partial charge on any atom is -0.398 e. The van der Waals surface area contributed by atoms with Crippen molar-refractivity contribution in [2.75, 3.05) is 5.73 Å². The van der Waals surface area contributed by atoms with E-state index in [2.05, 4.69) is 0 Å². The predicted octanol–water partition coefficient (Wildman–Crippen LogP) is 0.0212. The average molecular weight is 346 g/mol. The van der Waals surface area contributed by atoms with Crippen LogP contribution in [0.15, 0.2) is 42.5 Å². The highest BCUT2D eigenvalue weighted by Gasteiger charge is 2.55. The van der Waals surface area contributed by atoms with Crippen molar-refractivity contribution in [3.05, 3.63) is 48.1 Å².